The minimum atomic E-state index is -2.09. The van der Waals surface area contributed by atoms with E-state index in [4.69, 9.17) is 13.9 Å². The normalized spacial score (nSPS) is 21.1. The second-order valence-corrected chi connectivity index (χ2v) is 15.4. The van der Waals surface area contributed by atoms with Gasteiger partial charge in [-0.05, 0) is 36.5 Å². The van der Waals surface area contributed by atoms with Crippen LogP contribution >= 0.6 is 0 Å². The van der Waals surface area contributed by atoms with E-state index >= 15 is 0 Å². The lowest BCUT2D eigenvalue weighted by Gasteiger charge is -2.43. The van der Waals surface area contributed by atoms with Gasteiger partial charge in [-0.3, -0.25) is 9.36 Å². The number of aryl methyl sites for hydroxylation is 1. The molecule has 0 amide bonds. The average molecular weight is 505 g/mol. The smallest absolute Gasteiger partial charge is 0.335 e. The first-order valence-electron chi connectivity index (χ1n) is 12.3. The molecule has 3 rings (SSSR count). The molecule has 1 aliphatic heterocycles. The summed E-state index contributed by atoms with van der Waals surface area (Å²) >= 11 is 0. The summed E-state index contributed by atoms with van der Waals surface area (Å²) in [6, 6.07) is 9.55. The first-order chi connectivity index (χ1) is 16.3. The van der Waals surface area contributed by atoms with Gasteiger partial charge in [0, 0.05) is 18.2 Å². The topological polar surface area (TPSA) is 91.9 Å². The molecule has 1 aromatic carbocycles. The minimum Gasteiger partial charge on any atom is -0.414 e. The first kappa shape index (κ1) is 27.5. The number of hydrogen-bond donors (Lipinski definition) is 1. The van der Waals surface area contributed by atoms with Crippen molar-refractivity contribution in [2.45, 2.75) is 90.9 Å². The fourth-order valence-corrected chi connectivity index (χ4v) is 6.46. The van der Waals surface area contributed by atoms with E-state index in [0.717, 1.165) is 10.1 Å². The van der Waals surface area contributed by atoms with Crippen LogP contribution in [0.1, 0.15) is 51.5 Å². The zero-order valence-corrected chi connectivity index (χ0v) is 23.0. The number of aliphatic hydroxyl groups is 1. The molecule has 9 heteroatoms. The Hall–Kier alpha value is -2.04. The van der Waals surface area contributed by atoms with Gasteiger partial charge in [0.1, 0.15) is 19.1 Å². The van der Waals surface area contributed by atoms with Crippen LogP contribution in [-0.4, -0.2) is 41.4 Å². The highest BCUT2D eigenvalue weighted by molar-refractivity contribution is 6.74. The van der Waals surface area contributed by atoms with Crippen LogP contribution in [0.4, 0.5) is 0 Å². The summed E-state index contributed by atoms with van der Waals surface area (Å²) in [7, 11) is -2.09. The van der Waals surface area contributed by atoms with E-state index in [9.17, 15) is 14.7 Å². The van der Waals surface area contributed by atoms with Crippen molar-refractivity contribution in [3.05, 3.63) is 68.5 Å². The van der Waals surface area contributed by atoms with E-state index in [0.29, 0.717) is 11.5 Å². The van der Waals surface area contributed by atoms with Crippen molar-refractivity contribution >= 4 is 8.32 Å². The number of benzene rings is 1. The predicted octanol–water partition coefficient (Wildman–Crippen LogP) is 3.80. The van der Waals surface area contributed by atoms with Crippen molar-refractivity contribution < 1.29 is 19.0 Å². The highest BCUT2D eigenvalue weighted by atomic mass is 28.4. The molecule has 0 radical (unpaired) electrons. The van der Waals surface area contributed by atoms with Crippen LogP contribution in [0.25, 0.3) is 0 Å². The standard InChI is InChI=1S/C26H40N2O6Si/c1-18(2)26(4,5)35(6,7)33-16-22-21(29)13-23(34-22)27-14-19(3)24(30)28(25(27)31)17-32-15-20-11-9-8-10-12-20/h8-12,14,18,21-23,29H,13,15-17H2,1-7H3/t21-,22+,23+/m0/s1. The summed E-state index contributed by atoms with van der Waals surface area (Å²) in [5.41, 5.74) is 0.424. The van der Waals surface area contributed by atoms with Crippen molar-refractivity contribution in [1.82, 2.24) is 9.13 Å². The van der Waals surface area contributed by atoms with Gasteiger partial charge >= 0.3 is 5.69 Å². The monoisotopic (exact) mass is 504 g/mol. The molecule has 0 spiro atoms. The molecule has 2 aromatic rings. The second kappa shape index (κ2) is 10.9. The average Bonchev–Trinajstić information content (AvgIpc) is 3.17. The number of hydrogen-bond acceptors (Lipinski definition) is 6. The Labute approximate surface area is 208 Å². The number of aliphatic hydroxyl groups excluding tert-OH is 1. The molecule has 3 atom stereocenters. The molecule has 0 aliphatic carbocycles. The van der Waals surface area contributed by atoms with Crippen LogP contribution in [0, 0.1) is 12.8 Å². The van der Waals surface area contributed by atoms with Crippen molar-refractivity contribution in [2.24, 2.45) is 5.92 Å². The molecule has 1 aromatic heterocycles. The lowest BCUT2D eigenvalue weighted by atomic mass is 9.99. The first-order valence-corrected chi connectivity index (χ1v) is 15.2. The van der Waals surface area contributed by atoms with Gasteiger partial charge in [-0.1, -0.05) is 58.0 Å². The lowest BCUT2D eigenvalue weighted by molar-refractivity contribution is -0.0449. The molecule has 1 N–H and O–H groups in total. The van der Waals surface area contributed by atoms with Gasteiger partial charge in [-0.2, -0.15) is 0 Å². The van der Waals surface area contributed by atoms with Crippen LogP contribution in [0.15, 0.2) is 46.1 Å². The maximum Gasteiger partial charge on any atom is 0.335 e. The van der Waals surface area contributed by atoms with Crippen LogP contribution < -0.4 is 11.2 Å². The highest BCUT2D eigenvalue weighted by Gasteiger charge is 2.45. The lowest BCUT2D eigenvalue weighted by Crippen LogP contribution is -2.47. The van der Waals surface area contributed by atoms with Crippen LogP contribution in [0.2, 0.25) is 18.1 Å². The van der Waals surface area contributed by atoms with Gasteiger partial charge < -0.3 is 19.0 Å². The number of ether oxygens (including phenoxy) is 2. The van der Waals surface area contributed by atoms with Crippen LogP contribution in [0.3, 0.4) is 0 Å². The summed E-state index contributed by atoms with van der Waals surface area (Å²) in [6.45, 7) is 15.3. The van der Waals surface area contributed by atoms with Crippen molar-refractivity contribution in [3.8, 4) is 0 Å². The fraction of sp³-hybridized carbons (Fsp3) is 0.615. The third kappa shape index (κ3) is 6.03. The maximum absolute atomic E-state index is 13.2. The Morgan fingerprint density at radius 1 is 1.20 bits per heavy atom. The zero-order valence-electron chi connectivity index (χ0n) is 22.0. The van der Waals surface area contributed by atoms with E-state index in [1.165, 1.54) is 10.8 Å². The molecule has 0 bridgehead atoms. The maximum atomic E-state index is 13.2. The molecular weight excluding hydrogens is 464 g/mol. The minimum absolute atomic E-state index is 0.0409. The zero-order chi connectivity index (χ0) is 26.0. The molecule has 35 heavy (non-hydrogen) atoms. The van der Waals surface area contributed by atoms with Gasteiger partial charge in [0.25, 0.3) is 5.56 Å². The van der Waals surface area contributed by atoms with Gasteiger partial charge in [0.2, 0.25) is 0 Å². The van der Waals surface area contributed by atoms with E-state index in [2.05, 4.69) is 40.8 Å². The van der Waals surface area contributed by atoms with E-state index in [-0.39, 0.29) is 31.4 Å². The summed E-state index contributed by atoms with van der Waals surface area (Å²) < 4.78 is 20.6. The Bertz CT molecular complexity index is 1110. The summed E-state index contributed by atoms with van der Waals surface area (Å²) in [6.07, 6.45) is -0.259. The van der Waals surface area contributed by atoms with E-state index < -0.39 is 38.0 Å². The quantitative estimate of drug-likeness (QED) is 0.495. The second-order valence-electron chi connectivity index (χ2n) is 10.8. The van der Waals surface area contributed by atoms with Crippen molar-refractivity contribution in [3.63, 3.8) is 0 Å². The van der Waals surface area contributed by atoms with Crippen LogP contribution in [0.5, 0.6) is 0 Å². The molecule has 194 valence electrons. The molecule has 1 fully saturated rings. The molecule has 2 heterocycles. The number of aromatic nitrogens is 2. The highest BCUT2D eigenvalue weighted by Crippen LogP contribution is 2.45. The SMILES string of the molecule is Cc1cn([C@H]2C[C@H](O)[C@@H](CO[Si](C)(C)C(C)(C)C(C)C)O2)c(=O)n(COCc2ccccc2)c1=O. The van der Waals surface area contributed by atoms with Gasteiger partial charge in [0.15, 0.2) is 8.32 Å². The van der Waals surface area contributed by atoms with E-state index in [1.807, 2.05) is 30.3 Å². The van der Waals surface area contributed by atoms with Crippen LogP contribution in [-0.2, 0) is 27.2 Å². The molecule has 0 saturated carbocycles. The Morgan fingerprint density at radius 3 is 2.49 bits per heavy atom. The molecule has 8 nitrogen and oxygen atoms in total. The summed E-state index contributed by atoms with van der Waals surface area (Å²) in [5, 5.41) is 10.7. The Kier molecular flexibility index (Phi) is 8.59. The fourth-order valence-electron chi connectivity index (χ4n) is 4.11. The number of rotatable bonds is 10. The predicted molar refractivity (Wildman–Crippen MR) is 138 cm³/mol. The molecule has 1 saturated heterocycles. The molecular formula is C26H40N2O6Si. The Balaban J connectivity index is 1.72. The number of nitrogens with zero attached hydrogens (tertiary/aromatic N) is 2. The van der Waals surface area contributed by atoms with Crippen molar-refractivity contribution in [1.29, 1.82) is 0 Å². The summed E-state index contributed by atoms with van der Waals surface area (Å²) in [4.78, 5) is 25.8. The Morgan fingerprint density at radius 2 is 1.86 bits per heavy atom. The largest absolute Gasteiger partial charge is 0.414 e. The van der Waals surface area contributed by atoms with Gasteiger partial charge in [-0.15, -0.1) is 0 Å². The van der Waals surface area contributed by atoms with Crippen molar-refractivity contribution in [2.75, 3.05) is 6.61 Å². The van der Waals surface area contributed by atoms with E-state index in [1.54, 1.807) is 6.92 Å². The van der Waals surface area contributed by atoms with Gasteiger partial charge in [0.05, 0.1) is 19.3 Å². The third-order valence-corrected chi connectivity index (χ3v) is 12.4. The van der Waals surface area contributed by atoms with Gasteiger partial charge in [-0.25, -0.2) is 9.36 Å². The third-order valence-electron chi connectivity index (χ3n) is 7.82. The summed E-state index contributed by atoms with van der Waals surface area (Å²) in [5.74, 6) is 0.457. The molecule has 0 unspecified atom stereocenters. The molecule has 1 aliphatic rings.